The standard InChI is InChI=1S/C20H22N2O3.ClH/c1-21-10-17(16-4-2-3-5-18(16)21)20(24)25-15-8-13-6-12-7-14(9-15)22(13)11-19(12)23;/h2-5,8,10,12,14-15,19,23H,6-7,9,11H2,1H3;1H. The molecule has 1 aromatic carbocycles. The summed E-state index contributed by atoms with van der Waals surface area (Å²) < 4.78 is 7.82. The Balaban J connectivity index is 0.00000168. The first-order valence-electron chi connectivity index (χ1n) is 9.00. The van der Waals surface area contributed by atoms with E-state index in [4.69, 9.17) is 4.74 Å². The smallest absolute Gasteiger partial charge is 0.340 e. The molecule has 2 aromatic rings. The SMILES string of the molecule is Cl.Cn1cc(C(=O)OC2C=C3CC4CC(C2)N3CC4O)c2ccccc21. The molecule has 138 valence electrons. The summed E-state index contributed by atoms with van der Waals surface area (Å²) in [4.78, 5) is 15.1. The third kappa shape index (κ3) is 2.61. The number of aliphatic hydroxyl groups is 1. The van der Waals surface area contributed by atoms with E-state index in [2.05, 4.69) is 11.0 Å². The van der Waals surface area contributed by atoms with Crippen molar-refractivity contribution in [1.82, 2.24) is 9.47 Å². The number of allylic oxidation sites excluding steroid dienone is 1. The average Bonchev–Trinajstić information content (AvgIpc) is 2.92. The Morgan fingerprint density at radius 3 is 2.85 bits per heavy atom. The number of aryl methyl sites for hydroxylation is 1. The predicted molar refractivity (Wildman–Crippen MR) is 101 cm³/mol. The number of aromatic nitrogens is 1. The van der Waals surface area contributed by atoms with E-state index in [1.54, 1.807) is 0 Å². The lowest BCUT2D eigenvalue weighted by Gasteiger charge is -2.53. The number of rotatable bonds is 2. The molecule has 1 aromatic heterocycles. The Labute approximate surface area is 158 Å². The van der Waals surface area contributed by atoms with Crippen LogP contribution in [-0.2, 0) is 11.8 Å². The largest absolute Gasteiger partial charge is 0.454 e. The van der Waals surface area contributed by atoms with Crippen molar-refractivity contribution in [2.45, 2.75) is 37.5 Å². The maximum atomic E-state index is 12.8. The molecule has 0 saturated carbocycles. The van der Waals surface area contributed by atoms with Crippen LogP contribution in [0.3, 0.4) is 0 Å². The van der Waals surface area contributed by atoms with E-state index in [-0.39, 0.29) is 30.6 Å². The van der Waals surface area contributed by atoms with Gasteiger partial charge in [-0.05, 0) is 30.9 Å². The monoisotopic (exact) mass is 374 g/mol. The van der Waals surface area contributed by atoms with Gasteiger partial charge in [-0.2, -0.15) is 0 Å². The molecule has 26 heavy (non-hydrogen) atoms. The molecule has 5 nitrogen and oxygen atoms in total. The highest BCUT2D eigenvalue weighted by molar-refractivity contribution is 6.04. The zero-order chi connectivity index (χ0) is 17.1. The maximum Gasteiger partial charge on any atom is 0.340 e. The Hall–Kier alpha value is -1.98. The van der Waals surface area contributed by atoms with Gasteiger partial charge in [0.05, 0.1) is 11.7 Å². The van der Waals surface area contributed by atoms with Crippen molar-refractivity contribution in [3.8, 4) is 0 Å². The van der Waals surface area contributed by atoms with Gasteiger partial charge in [-0.15, -0.1) is 12.4 Å². The first-order chi connectivity index (χ1) is 12.1. The molecular formula is C20H23ClN2O3. The number of carbonyl (C=O) groups excluding carboxylic acids is 1. The molecule has 4 atom stereocenters. The maximum absolute atomic E-state index is 12.8. The van der Waals surface area contributed by atoms with E-state index in [1.165, 1.54) is 5.70 Å². The number of hydrogen-bond donors (Lipinski definition) is 1. The number of ether oxygens (including phenoxy) is 1. The molecule has 3 saturated heterocycles. The van der Waals surface area contributed by atoms with Crippen LogP contribution in [-0.4, -0.2) is 45.3 Å². The van der Waals surface area contributed by atoms with Crippen molar-refractivity contribution in [1.29, 1.82) is 0 Å². The quantitative estimate of drug-likeness (QED) is 0.821. The van der Waals surface area contributed by atoms with Gasteiger partial charge < -0.3 is 19.3 Å². The molecule has 4 aliphatic heterocycles. The van der Waals surface area contributed by atoms with Crippen LogP contribution in [0.4, 0.5) is 0 Å². The van der Waals surface area contributed by atoms with Crippen molar-refractivity contribution in [2.24, 2.45) is 13.0 Å². The topological polar surface area (TPSA) is 54.7 Å². The van der Waals surface area contributed by atoms with Crippen LogP contribution in [0.5, 0.6) is 0 Å². The molecule has 4 unspecified atom stereocenters. The highest BCUT2D eigenvalue weighted by Crippen LogP contribution is 2.43. The summed E-state index contributed by atoms with van der Waals surface area (Å²) in [6.07, 6.45) is 6.30. The number of para-hydroxylation sites is 1. The number of hydrogen-bond acceptors (Lipinski definition) is 4. The molecule has 0 spiro atoms. The fourth-order valence-electron chi connectivity index (χ4n) is 4.82. The van der Waals surface area contributed by atoms with Gasteiger partial charge >= 0.3 is 5.97 Å². The summed E-state index contributed by atoms with van der Waals surface area (Å²) >= 11 is 0. The summed E-state index contributed by atoms with van der Waals surface area (Å²) in [7, 11) is 1.95. The molecule has 3 fully saturated rings. The number of carbonyl (C=O) groups is 1. The van der Waals surface area contributed by atoms with E-state index in [9.17, 15) is 9.90 Å². The van der Waals surface area contributed by atoms with E-state index in [0.29, 0.717) is 17.5 Å². The minimum atomic E-state index is -0.251. The molecule has 0 radical (unpaired) electrons. The number of aliphatic hydroxyl groups excluding tert-OH is 1. The Morgan fingerprint density at radius 1 is 1.27 bits per heavy atom. The van der Waals surface area contributed by atoms with Crippen molar-refractivity contribution in [3.63, 3.8) is 0 Å². The molecule has 0 amide bonds. The van der Waals surface area contributed by atoms with Crippen molar-refractivity contribution >= 4 is 29.3 Å². The minimum Gasteiger partial charge on any atom is -0.454 e. The lowest BCUT2D eigenvalue weighted by molar-refractivity contribution is -0.0511. The fraction of sp³-hybridized carbons (Fsp3) is 0.450. The molecular weight excluding hydrogens is 352 g/mol. The lowest BCUT2D eigenvalue weighted by Crippen LogP contribution is -2.57. The zero-order valence-electron chi connectivity index (χ0n) is 14.7. The molecule has 1 N–H and O–H groups in total. The second-order valence-electron chi connectivity index (χ2n) is 7.58. The summed E-state index contributed by atoms with van der Waals surface area (Å²) in [5.41, 5.74) is 2.91. The average molecular weight is 375 g/mol. The first-order valence-corrected chi connectivity index (χ1v) is 9.00. The van der Waals surface area contributed by atoms with Crippen LogP contribution >= 0.6 is 12.4 Å². The van der Waals surface area contributed by atoms with Gasteiger partial charge in [0.25, 0.3) is 0 Å². The Morgan fingerprint density at radius 2 is 2.08 bits per heavy atom. The van der Waals surface area contributed by atoms with E-state index in [1.807, 2.05) is 42.1 Å². The molecule has 4 bridgehead atoms. The number of piperidine rings is 3. The van der Waals surface area contributed by atoms with Crippen LogP contribution in [0.15, 0.2) is 42.2 Å². The van der Waals surface area contributed by atoms with Gasteiger partial charge in [0, 0.05) is 48.9 Å². The van der Waals surface area contributed by atoms with E-state index >= 15 is 0 Å². The number of benzene rings is 1. The van der Waals surface area contributed by atoms with Crippen molar-refractivity contribution < 1.29 is 14.6 Å². The third-order valence-electron chi connectivity index (χ3n) is 6.04. The molecule has 6 heteroatoms. The number of nitrogens with zero attached hydrogens (tertiary/aromatic N) is 2. The van der Waals surface area contributed by atoms with Gasteiger partial charge in [0.2, 0.25) is 0 Å². The normalized spacial score (nSPS) is 29.3. The third-order valence-corrected chi connectivity index (χ3v) is 6.04. The minimum absolute atomic E-state index is 0. The predicted octanol–water partition coefficient (Wildman–Crippen LogP) is 2.87. The highest BCUT2D eigenvalue weighted by atomic mass is 35.5. The number of halogens is 1. The fourth-order valence-corrected chi connectivity index (χ4v) is 4.82. The molecule has 5 heterocycles. The van der Waals surface area contributed by atoms with Gasteiger partial charge in [0.1, 0.15) is 6.10 Å². The number of fused-ring (bicyclic) bond motifs is 2. The van der Waals surface area contributed by atoms with Gasteiger partial charge in [-0.3, -0.25) is 0 Å². The summed E-state index contributed by atoms with van der Waals surface area (Å²) in [6.45, 7) is 0.727. The zero-order valence-corrected chi connectivity index (χ0v) is 15.5. The summed E-state index contributed by atoms with van der Waals surface area (Å²) in [6, 6.07) is 8.29. The molecule has 4 aliphatic rings. The van der Waals surface area contributed by atoms with Crippen LogP contribution in [0.1, 0.15) is 29.6 Å². The second-order valence-corrected chi connectivity index (χ2v) is 7.58. The first kappa shape index (κ1) is 17.4. The van der Waals surface area contributed by atoms with Crippen LogP contribution in [0, 0.1) is 5.92 Å². The van der Waals surface area contributed by atoms with E-state index in [0.717, 1.165) is 36.7 Å². The highest BCUT2D eigenvalue weighted by Gasteiger charge is 2.45. The van der Waals surface area contributed by atoms with Gasteiger partial charge in [-0.25, -0.2) is 4.79 Å². The van der Waals surface area contributed by atoms with Crippen molar-refractivity contribution in [2.75, 3.05) is 6.54 Å². The Bertz CT molecular complexity index is 890. The summed E-state index contributed by atoms with van der Waals surface area (Å²) in [5.74, 6) is 0.120. The molecule has 0 aliphatic carbocycles. The Kier molecular flexibility index (Phi) is 4.24. The van der Waals surface area contributed by atoms with Crippen LogP contribution < -0.4 is 0 Å². The van der Waals surface area contributed by atoms with Gasteiger partial charge in [-0.1, -0.05) is 18.2 Å². The lowest BCUT2D eigenvalue weighted by atomic mass is 9.75. The summed E-state index contributed by atoms with van der Waals surface area (Å²) in [5, 5.41) is 11.0. The van der Waals surface area contributed by atoms with E-state index < -0.39 is 0 Å². The second kappa shape index (κ2) is 6.32. The number of esters is 1. The van der Waals surface area contributed by atoms with Gasteiger partial charge in [0.15, 0.2) is 0 Å². The van der Waals surface area contributed by atoms with Crippen LogP contribution in [0.25, 0.3) is 10.9 Å². The molecule has 6 rings (SSSR count). The van der Waals surface area contributed by atoms with Crippen LogP contribution in [0.2, 0.25) is 0 Å². The van der Waals surface area contributed by atoms with Crippen molar-refractivity contribution in [3.05, 3.63) is 47.8 Å².